The fourth-order valence-electron chi connectivity index (χ4n) is 3.05. The number of hydrogen-bond donors (Lipinski definition) is 2. The van der Waals surface area contributed by atoms with Crippen LogP contribution in [0.4, 0.5) is 0 Å². The lowest BCUT2D eigenvalue weighted by molar-refractivity contribution is -0.137. The molecule has 1 atom stereocenters. The molecule has 1 saturated heterocycles. The molecule has 0 spiro atoms. The van der Waals surface area contributed by atoms with Gasteiger partial charge >= 0.3 is 0 Å². The standard InChI is InChI=1S/C19H34N2O3/c1-2-3-4-5-6-7-8-9-10-11-12-13-17(22)20-16-14-15-18(23)21-19(16)24/h16H,2-15H2,1H3,(H,20,22)(H,21,23,24). The predicted octanol–water partition coefficient (Wildman–Crippen LogP) is 3.61. The van der Waals surface area contributed by atoms with Gasteiger partial charge in [-0.05, 0) is 12.8 Å². The summed E-state index contributed by atoms with van der Waals surface area (Å²) < 4.78 is 0. The van der Waals surface area contributed by atoms with E-state index in [4.69, 9.17) is 0 Å². The number of imide groups is 1. The summed E-state index contributed by atoms with van der Waals surface area (Å²) in [6.07, 6.45) is 14.9. The van der Waals surface area contributed by atoms with Crippen molar-refractivity contribution in [3.8, 4) is 0 Å². The molecule has 1 unspecified atom stereocenters. The Morgan fingerprint density at radius 2 is 1.50 bits per heavy atom. The number of carbonyl (C=O) groups is 3. The van der Waals surface area contributed by atoms with E-state index >= 15 is 0 Å². The minimum absolute atomic E-state index is 0.0829. The van der Waals surface area contributed by atoms with Gasteiger partial charge in [-0.25, -0.2) is 0 Å². The van der Waals surface area contributed by atoms with E-state index in [-0.39, 0.29) is 17.7 Å². The van der Waals surface area contributed by atoms with Gasteiger partial charge in [0.05, 0.1) is 0 Å². The predicted molar refractivity (Wildman–Crippen MR) is 95.4 cm³/mol. The van der Waals surface area contributed by atoms with Crippen LogP contribution in [0.5, 0.6) is 0 Å². The molecule has 5 heteroatoms. The molecule has 0 radical (unpaired) electrons. The first-order chi connectivity index (χ1) is 11.6. The van der Waals surface area contributed by atoms with Crippen LogP contribution in [0.3, 0.4) is 0 Å². The molecule has 5 nitrogen and oxygen atoms in total. The molecule has 0 aromatic heterocycles. The van der Waals surface area contributed by atoms with Crippen molar-refractivity contribution in [2.45, 2.75) is 103 Å². The number of amides is 3. The van der Waals surface area contributed by atoms with Crippen molar-refractivity contribution in [3.63, 3.8) is 0 Å². The van der Waals surface area contributed by atoms with Crippen LogP contribution in [0.2, 0.25) is 0 Å². The highest BCUT2D eigenvalue weighted by Crippen LogP contribution is 2.12. The number of nitrogens with one attached hydrogen (secondary N) is 2. The first-order valence-electron chi connectivity index (χ1n) is 9.76. The van der Waals surface area contributed by atoms with Gasteiger partial charge in [-0.1, -0.05) is 71.1 Å². The third-order valence-corrected chi connectivity index (χ3v) is 4.58. The molecule has 0 saturated carbocycles. The van der Waals surface area contributed by atoms with E-state index in [1.807, 2.05) is 0 Å². The second-order valence-electron chi connectivity index (χ2n) is 6.86. The lowest BCUT2D eigenvalue weighted by atomic mass is 10.0. The van der Waals surface area contributed by atoms with Gasteiger partial charge in [0, 0.05) is 12.8 Å². The zero-order valence-electron chi connectivity index (χ0n) is 15.2. The van der Waals surface area contributed by atoms with Gasteiger partial charge < -0.3 is 5.32 Å². The SMILES string of the molecule is CCCCCCCCCCCCCC(=O)NC1CCC(=O)NC1=O. The van der Waals surface area contributed by atoms with Crippen LogP contribution in [0.25, 0.3) is 0 Å². The van der Waals surface area contributed by atoms with Crippen molar-refractivity contribution in [1.29, 1.82) is 0 Å². The number of rotatable bonds is 13. The zero-order chi connectivity index (χ0) is 17.6. The van der Waals surface area contributed by atoms with E-state index in [2.05, 4.69) is 17.6 Å². The molecule has 1 fully saturated rings. The quantitative estimate of drug-likeness (QED) is 0.398. The maximum Gasteiger partial charge on any atom is 0.249 e. The average molecular weight is 338 g/mol. The first-order valence-corrected chi connectivity index (χ1v) is 9.76. The van der Waals surface area contributed by atoms with Gasteiger partial charge in [-0.15, -0.1) is 0 Å². The Balaban J connectivity index is 1.91. The summed E-state index contributed by atoms with van der Waals surface area (Å²) in [6.45, 7) is 2.24. The number of piperidine rings is 1. The Morgan fingerprint density at radius 3 is 2.04 bits per heavy atom. The lowest BCUT2D eigenvalue weighted by Gasteiger charge is -2.21. The van der Waals surface area contributed by atoms with Crippen LogP contribution in [0.1, 0.15) is 96.8 Å². The number of unbranched alkanes of at least 4 members (excludes halogenated alkanes) is 10. The Morgan fingerprint density at radius 1 is 0.958 bits per heavy atom. The fraction of sp³-hybridized carbons (Fsp3) is 0.842. The van der Waals surface area contributed by atoms with E-state index < -0.39 is 6.04 Å². The molecule has 3 amide bonds. The largest absolute Gasteiger partial charge is 0.344 e. The highest BCUT2D eigenvalue weighted by Gasteiger charge is 2.27. The summed E-state index contributed by atoms with van der Waals surface area (Å²) in [4.78, 5) is 34.4. The van der Waals surface area contributed by atoms with Crippen molar-refractivity contribution in [2.24, 2.45) is 0 Å². The molecule has 0 bridgehead atoms. The summed E-state index contributed by atoms with van der Waals surface area (Å²) in [5.74, 6) is -0.713. The lowest BCUT2D eigenvalue weighted by Crippen LogP contribution is -2.52. The Bertz CT molecular complexity index is 396. The van der Waals surface area contributed by atoms with E-state index in [0.717, 1.165) is 12.8 Å². The van der Waals surface area contributed by atoms with Crippen LogP contribution < -0.4 is 10.6 Å². The van der Waals surface area contributed by atoms with E-state index in [0.29, 0.717) is 19.3 Å². The molecule has 1 aliphatic heterocycles. The first kappa shape index (κ1) is 20.7. The normalized spacial score (nSPS) is 17.6. The summed E-state index contributed by atoms with van der Waals surface area (Å²) in [5, 5.41) is 4.98. The average Bonchev–Trinajstić information content (AvgIpc) is 2.55. The fourth-order valence-corrected chi connectivity index (χ4v) is 3.05. The molecular weight excluding hydrogens is 304 g/mol. The van der Waals surface area contributed by atoms with Crippen LogP contribution in [0, 0.1) is 0 Å². The van der Waals surface area contributed by atoms with Crippen molar-refractivity contribution >= 4 is 17.7 Å². The highest BCUT2D eigenvalue weighted by atomic mass is 16.2. The minimum atomic E-state index is -0.539. The van der Waals surface area contributed by atoms with Gasteiger partial charge in [-0.2, -0.15) is 0 Å². The topological polar surface area (TPSA) is 75.3 Å². The van der Waals surface area contributed by atoms with Crippen molar-refractivity contribution in [2.75, 3.05) is 0 Å². The van der Waals surface area contributed by atoms with Crippen LogP contribution >= 0.6 is 0 Å². The smallest absolute Gasteiger partial charge is 0.249 e. The Labute approximate surface area is 146 Å². The zero-order valence-corrected chi connectivity index (χ0v) is 15.2. The molecule has 1 heterocycles. The molecular formula is C19H34N2O3. The van der Waals surface area contributed by atoms with Crippen LogP contribution in [-0.4, -0.2) is 23.8 Å². The van der Waals surface area contributed by atoms with Gasteiger partial charge in [0.15, 0.2) is 0 Å². The monoisotopic (exact) mass is 338 g/mol. The van der Waals surface area contributed by atoms with E-state index in [1.165, 1.54) is 57.8 Å². The molecule has 2 N–H and O–H groups in total. The van der Waals surface area contributed by atoms with Gasteiger partial charge in [-0.3, -0.25) is 19.7 Å². The summed E-state index contributed by atoms with van der Waals surface area (Å²) in [6, 6.07) is -0.539. The third-order valence-electron chi connectivity index (χ3n) is 4.58. The van der Waals surface area contributed by atoms with Crippen molar-refractivity contribution < 1.29 is 14.4 Å². The molecule has 0 aromatic rings. The Hall–Kier alpha value is -1.39. The van der Waals surface area contributed by atoms with Crippen LogP contribution in [-0.2, 0) is 14.4 Å². The molecule has 1 aliphatic rings. The van der Waals surface area contributed by atoms with Gasteiger partial charge in [0.2, 0.25) is 17.7 Å². The molecule has 138 valence electrons. The van der Waals surface area contributed by atoms with Gasteiger partial charge in [0.1, 0.15) is 6.04 Å². The second kappa shape index (κ2) is 13.0. The third kappa shape index (κ3) is 9.68. The maximum absolute atomic E-state index is 11.8. The summed E-state index contributed by atoms with van der Waals surface area (Å²) >= 11 is 0. The van der Waals surface area contributed by atoms with E-state index in [9.17, 15) is 14.4 Å². The summed E-state index contributed by atoms with van der Waals surface area (Å²) in [5.41, 5.74) is 0. The maximum atomic E-state index is 11.8. The van der Waals surface area contributed by atoms with E-state index in [1.54, 1.807) is 0 Å². The van der Waals surface area contributed by atoms with Crippen LogP contribution in [0.15, 0.2) is 0 Å². The summed E-state index contributed by atoms with van der Waals surface area (Å²) in [7, 11) is 0. The van der Waals surface area contributed by atoms with Crippen molar-refractivity contribution in [3.05, 3.63) is 0 Å². The van der Waals surface area contributed by atoms with Gasteiger partial charge in [0.25, 0.3) is 0 Å². The Kier molecular flexibility index (Phi) is 11.2. The molecule has 0 aliphatic carbocycles. The second-order valence-corrected chi connectivity index (χ2v) is 6.86. The molecule has 24 heavy (non-hydrogen) atoms. The van der Waals surface area contributed by atoms with Crippen molar-refractivity contribution in [1.82, 2.24) is 10.6 Å². The highest BCUT2D eigenvalue weighted by molar-refractivity contribution is 6.01. The number of carbonyl (C=O) groups excluding carboxylic acids is 3. The minimum Gasteiger partial charge on any atom is -0.344 e. The molecule has 0 aromatic carbocycles. The molecule has 1 rings (SSSR count). The number of hydrogen-bond acceptors (Lipinski definition) is 3.